The summed E-state index contributed by atoms with van der Waals surface area (Å²) >= 11 is 0. The predicted molar refractivity (Wildman–Crippen MR) is 6.72 cm³/mol. The summed E-state index contributed by atoms with van der Waals surface area (Å²) in [6.07, 6.45) is 0. The summed E-state index contributed by atoms with van der Waals surface area (Å²) in [7, 11) is 0. The van der Waals surface area contributed by atoms with E-state index in [4.69, 9.17) is 0 Å². The fourth-order valence-electron chi connectivity index (χ4n) is 0. The van der Waals surface area contributed by atoms with Crippen LogP contribution in [-0.4, -0.2) is 0 Å². The molecule has 0 spiro atoms. The molecule has 0 saturated heterocycles. The molecule has 0 fully saturated rings. The second-order valence-corrected chi connectivity index (χ2v) is 0. The van der Waals surface area contributed by atoms with E-state index in [1.54, 1.807) is 0 Å². The minimum Gasteiger partial charge on any atom is -3.00 e. The van der Waals surface area contributed by atoms with Crippen molar-refractivity contribution < 1.29 is 102 Å². The van der Waals surface area contributed by atoms with Gasteiger partial charge in [0.15, 0.2) is 0 Å². The molecule has 0 heterocycles. The van der Waals surface area contributed by atoms with Gasteiger partial charge in [0, 0.05) is 51.2 Å². The minimum absolute atomic E-state index is 0. The topological polar surface area (TPSA) is 61.0 Å². The van der Waals surface area contributed by atoms with E-state index in [-0.39, 0.29) is 115 Å². The molecule has 0 aromatic carbocycles. The van der Waals surface area contributed by atoms with E-state index in [1.165, 1.54) is 0 Å². The Hall–Kier alpha value is 3.04. The standard InChI is InChI=1S/6Mn.2N/q;;;3*+2;2*-3. The third-order valence-corrected chi connectivity index (χ3v) is 0. The third-order valence-electron chi connectivity index (χ3n) is 0. The van der Waals surface area contributed by atoms with Crippen LogP contribution in [0.4, 0.5) is 0 Å². The second-order valence-electron chi connectivity index (χ2n) is 0. The predicted octanol–water partition coefficient (Wildman–Crippen LogP) is 0.562. The monoisotopic (exact) mass is 358 g/mol. The van der Waals surface area contributed by atoms with E-state index >= 15 is 0 Å². The van der Waals surface area contributed by atoms with Crippen LogP contribution in [0.5, 0.6) is 0 Å². The Labute approximate surface area is 113 Å². The number of rotatable bonds is 0. The van der Waals surface area contributed by atoms with Gasteiger partial charge in [-0.2, -0.15) is 0 Å². The van der Waals surface area contributed by atoms with Crippen LogP contribution in [0.25, 0.3) is 12.3 Å². The van der Waals surface area contributed by atoms with Crippen LogP contribution >= 0.6 is 0 Å². The van der Waals surface area contributed by atoms with Crippen molar-refractivity contribution >= 4 is 0 Å². The molecule has 52 valence electrons. The first kappa shape index (κ1) is 121. The molecule has 0 aromatic heterocycles. The molecule has 0 saturated carbocycles. The molecule has 0 rings (SSSR count). The fraction of sp³-hybridized carbons (Fsp3) is 0. The van der Waals surface area contributed by atoms with Gasteiger partial charge in [0.05, 0.1) is 0 Å². The summed E-state index contributed by atoms with van der Waals surface area (Å²) < 4.78 is 0. The van der Waals surface area contributed by atoms with Crippen molar-refractivity contribution in [3.05, 3.63) is 12.3 Å². The van der Waals surface area contributed by atoms with Gasteiger partial charge < -0.3 is 12.3 Å². The Kier molecular flexibility index (Phi) is 1340. The van der Waals surface area contributed by atoms with Crippen molar-refractivity contribution in [1.29, 1.82) is 0 Å². The van der Waals surface area contributed by atoms with Crippen LogP contribution < -0.4 is 0 Å². The molecule has 0 aromatic rings. The maximum atomic E-state index is 0. The van der Waals surface area contributed by atoms with E-state index in [2.05, 4.69) is 0 Å². The molecule has 0 aliphatic carbocycles. The van der Waals surface area contributed by atoms with Gasteiger partial charge in [-0.1, -0.05) is 0 Å². The largest absolute Gasteiger partial charge is 3.00 e. The normalized spacial score (nSPS) is 0. The summed E-state index contributed by atoms with van der Waals surface area (Å²) in [6, 6.07) is 0. The van der Waals surface area contributed by atoms with E-state index in [0.29, 0.717) is 0 Å². The number of hydrogen-bond donors (Lipinski definition) is 0. The summed E-state index contributed by atoms with van der Waals surface area (Å²) in [5.41, 5.74) is 0. The zero-order valence-electron chi connectivity index (χ0n) is 3.16. The van der Waals surface area contributed by atoms with Crippen molar-refractivity contribution in [2.75, 3.05) is 0 Å². The summed E-state index contributed by atoms with van der Waals surface area (Å²) in [6.45, 7) is 0. The van der Waals surface area contributed by atoms with Gasteiger partial charge in [0.25, 0.3) is 0 Å². The molecule has 0 aliphatic rings. The number of hydrogen-bond acceptors (Lipinski definition) is 0. The molecule has 6 radical (unpaired) electrons. The molecule has 0 bridgehead atoms. The van der Waals surface area contributed by atoms with Crippen LogP contribution in [-0.2, 0) is 102 Å². The summed E-state index contributed by atoms with van der Waals surface area (Å²) in [5, 5.41) is 0. The van der Waals surface area contributed by atoms with E-state index in [0.717, 1.165) is 0 Å². The van der Waals surface area contributed by atoms with E-state index in [1.807, 2.05) is 0 Å². The Morgan fingerprint density at radius 1 is 0.375 bits per heavy atom. The maximum Gasteiger partial charge on any atom is 2.00 e. The van der Waals surface area contributed by atoms with Crippen LogP contribution in [0, 0.1) is 0 Å². The molecular formula is Mn6N2. The Morgan fingerprint density at radius 2 is 0.375 bits per heavy atom. The summed E-state index contributed by atoms with van der Waals surface area (Å²) in [5.74, 6) is 0. The molecule has 2 nitrogen and oxygen atoms in total. The molecule has 0 unspecified atom stereocenters. The van der Waals surface area contributed by atoms with Crippen molar-refractivity contribution in [3.63, 3.8) is 0 Å². The Morgan fingerprint density at radius 3 is 0.375 bits per heavy atom. The van der Waals surface area contributed by atoms with Crippen molar-refractivity contribution in [2.45, 2.75) is 0 Å². The quantitative estimate of drug-likeness (QED) is 0.569. The molecule has 0 amide bonds. The smallest absolute Gasteiger partial charge is 2.00 e. The van der Waals surface area contributed by atoms with Crippen molar-refractivity contribution in [3.8, 4) is 0 Å². The fourth-order valence-corrected chi connectivity index (χ4v) is 0. The molecule has 8 heavy (non-hydrogen) atoms. The number of nitrogens with zero attached hydrogens (tertiary/aromatic N) is 2. The van der Waals surface area contributed by atoms with Gasteiger partial charge in [-0.3, -0.25) is 0 Å². The Balaban J connectivity index is 0. The second kappa shape index (κ2) is 88.9. The van der Waals surface area contributed by atoms with E-state index in [9.17, 15) is 0 Å². The van der Waals surface area contributed by atoms with Crippen molar-refractivity contribution in [2.24, 2.45) is 0 Å². The zero-order valence-corrected chi connectivity index (χ0v) is 10.2. The first-order valence-electron chi connectivity index (χ1n) is 0. The molecule has 0 N–H and O–H groups in total. The average molecular weight is 358 g/mol. The first-order chi connectivity index (χ1) is 0. The molecule has 0 atom stereocenters. The Bertz CT molecular complexity index is 6.49. The van der Waals surface area contributed by atoms with Crippen LogP contribution in [0.1, 0.15) is 0 Å². The van der Waals surface area contributed by atoms with Gasteiger partial charge in [-0.25, -0.2) is 0 Å². The molecule has 0 aliphatic heterocycles. The van der Waals surface area contributed by atoms with Crippen LogP contribution in [0.3, 0.4) is 0 Å². The van der Waals surface area contributed by atoms with Crippen LogP contribution in [0.15, 0.2) is 0 Å². The summed E-state index contributed by atoms with van der Waals surface area (Å²) in [4.78, 5) is 0. The minimum atomic E-state index is 0. The third kappa shape index (κ3) is 63.3. The maximum absolute atomic E-state index is 0. The first-order valence-corrected chi connectivity index (χ1v) is 0. The zero-order chi connectivity index (χ0) is 0. The van der Waals surface area contributed by atoms with Gasteiger partial charge in [-0.05, 0) is 0 Å². The molecule has 8 heteroatoms. The molecular weight excluding hydrogens is 358 g/mol. The van der Waals surface area contributed by atoms with Gasteiger partial charge >= 0.3 is 51.2 Å². The van der Waals surface area contributed by atoms with Crippen LogP contribution in [0.2, 0.25) is 0 Å². The van der Waals surface area contributed by atoms with Gasteiger partial charge in [0.2, 0.25) is 0 Å². The van der Waals surface area contributed by atoms with Crippen molar-refractivity contribution in [1.82, 2.24) is 0 Å². The SMILES string of the molecule is [Mn+2].[Mn+2].[Mn+2].[Mn].[Mn].[Mn].[N-3].[N-3]. The average Bonchev–Trinajstić information content (AvgIpc) is 0. The van der Waals surface area contributed by atoms with Gasteiger partial charge in [-0.15, -0.1) is 0 Å². The van der Waals surface area contributed by atoms with Gasteiger partial charge in [0.1, 0.15) is 0 Å². The van der Waals surface area contributed by atoms with E-state index < -0.39 is 0 Å².